The fourth-order valence-electron chi connectivity index (χ4n) is 3.39. The van der Waals surface area contributed by atoms with Crippen molar-refractivity contribution in [2.24, 2.45) is 5.92 Å². The van der Waals surface area contributed by atoms with Crippen molar-refractivity contribution in [2.75, 3.05) is 6.54 Å². The molecule has 0 spiro atoms. The Balaban J connectivity index is 2.91. The standard InChI is InChI=1S/C14H27NO2/c1-6-9-15-13(2,3)8-7-11(10-12(16)17)14(15,4)5/h11H,6-10H2,1-5H3,(H,16,17). The summed E-state index contributed by atoms with van der Waals surface area (Å²) in [6.07, 6.45) is 3.52. The lowest BCUT2D eigenvalue weighted by atomic mass is 9.71. The van der Waals surface area contributed by atoms with Gasteiger partial charge in [0.25, 0.3) is 0 Å². The van der Waals surface area contributed by atoms with Crippen LogP contribution in [0, 0.1) is 5.92 Å². The molecule has 17 heavy (non-hydrogen) atoms. The van der Waals surface area contributed by atoms with Gasteiger partial charge >= 0.3 is 5.97 Å². The number of hydrogen-bond donors (Lipinski definition) is 1. The van der Waals surface area contributed by atoms with E-state index in [1.165, 1.54) is 0 Å². The third-order valence-electron chi connectivity index (χ3n) is 4.40. The highest BCUT2D eigenvalue weighted by molar-refractivity contribution is 5.67. The van der Waals surface area contributed by atoms with Gasteiger partial charge in [0.15, 0.2) is 0 Å². The summed E-state index contributed by atoms with van der Waals surface area (Å²) in [5.74, 6) is -0.404. The smallest absolute Gasteiger partial charge is 0.303 e. The first kappa shape index (κ1) is 14.5. The lowest BCUT2D eigenvalue weighted by Gasteiger charge is -2.56. The second kappa shape index (κ2) is 4.97. The van der Waals surface area contributed by atoms with Gasteiger partial charge in [-0.25, -0.2) is 0 Å². The van der Waals surface area contributed by atoms with Gasteiger partial charge < -0.3 is 5.11 Å². The zero-order chi connectivity index (χ0) is 13.3. The minimum Gasteiger partial charge on any atom is -0.481 e. The average Bonchev–Trinajstić information content (AvgIpc) is 2.17. The second-order valence-corrected chi connectivity index (χ2v) is 6.45. The molecule has 3 nitrogen and oxygen atoms in total. The average molecular weight is 241 g/mol. The van der Waals surface area contributed by atoms with Crippen molar-refractivity contribution < 1.29 is 9.90 Å². The van der Waals surface area contributed by atoms with E-state index in [0.717, 1.165) is 25.8 Å². The SMILES string of the molecule is CCCN1C(C)(C)CCC(CC(=O)O)C1(C)C. The Kier molecular flexibility index (Phi) is 4.23. The highest BCUT2D eigenvalue weighted by atomic mass is 16.4. The molecule has 0 bridgehead atoms. The molecule has 100 valence electrons. The van der Waals surface area contributed by atoms with Gasteiger partial charge in [-0.2, -0.15) is 0 Å². The third-order valence-corrected chi connectivity index (χ3v) is 4.40. The minimum absolute atomic E-state index is 0.0177. The van der Waals surface area contributed by atoms with E-state index in [-0.39, 0.29) is 17.0 Å². The van der Waals surface area contributed by atoms with Crippen molar-refractivity contribution >= 4 is 5.97 Å². The van der Waals surface area contributed by atoms with Gasteiger partial charge in [-0.15, -0.1) is 0 Å². The van der Waals surface area contributed by atoms with E-state index in [9.17, 15) is 4.79 Å². The van der Waals surface area contributed by atoms with Crippen molar-refractivity contribution in [1.29, 1.82) is 0 Å². The summed E-state index contributed by atoms with van der Waals surface area (Å²) in [5, 5.41) is 9.03. The Hall–Kier alpha value is -0.570. The molecule has 1 unspecified atom stereocenters. The number of rotatable bonds is 4. The summed E-state index contributed by atoms with van der Waals surface area (Å²) >= 11 is 0. The lowest BCUT2D eigenvalue weighted by Crippen LogP contribution is -2.62. The van der Waals surface area contributed by atoms with E-state index in [4.69, 9.17) is 5.11 Å². The molecule has 1 aliphatic heterocycles. The zero-order valence-electron chi connectivity index (χ0n) is 11.9. The summed E-state index contributed by atoms with van der Waals surface area (Å²) < 4.78 is 0. The van der Waals surface area contributed by atoms with Crippen molar-refractivity contribution in [3.05, 3.63) is 0 Å². The fourth-order valence-corrected chi connectivity index (χ4v) is 3.39. The molecule has 1 heterocycles. The molecular weight excluding hydrogens is 214 g/mol. The fraction of sp³-hybridized carbons (Fsp3) is 0.929. The maximum atomic E-state index is 11.0. The maximum Gasteiger partial charge on any atom is 0.303 e. The van der Waals surface area contributed by atoms with Gasteiger partial charge in [0, 0.05) is 17.5 Å². The van der Waals surface area contributed by atoms with Crippen molar-refractivity contribution in [3.63, 3.8) is 0 Å². The molecule has 0 radical (unpaired) electrons. The summed E-state index contributed by atoms with van der Waals surface area (Å²) in [6.45, 7) is 12.2. The maximum absolute atomic E-state index is 11.0. The van der Waals surface area contributed by atoms with Crippen LogP contribution in [0.25, 0.3) is 0 Å². The quantitative estimate of drug-likeness (QED) is 0.822. The van der Waals surface area contributed by atoms with E-state index in [0.29, 0.717) is 6.42 Å². The second-order valence-electron chi connectivity index (χ2n) is 6.45. The van der Waals surface area contributed by atoms with Crippen LogP contribution in [-0.4, -0.2) is 33.6 Å². The molecule has 0 amide bonds. The molecule has 1 atom stereocenters. The molecule has 1 aliphatic rings. The van der Waals surface area contributed by atoms with Crippen molar-refractivity contribution in [2.45, 2.75) is 71.4 Å². The van der Waals surface area contributed by atoms with Gasteiger partial charge in [0.05, 0.1) is 0 Å². The minimum atomic E-state index is -0.667. The first-order valence-electron chi connectivity index (χ1n) is 6.71. The number of likely N-dealkylation sites (tertiary alicyclic amines) is 1. The lowest BCUT2D eigenvalue weighted by molar-refractivity contribution is -0.142. The first-order chi connectivity index (χ1) is 7.71. The number of hydrogen-bond acceptors (Lipinski definition) is 2. The van der Waals surface area contributed by atoms with Crippen LogP contribution in [0.15, 0.2) is 0 Å². The number of aliphatic carboxylic acids is 1. The zero-order valence-corrected chi connectivity index (χ0v) is 11.9. The molecule has 0 aromatic carbocycles. The van der Waals surface area contributed by atoms with E-state index in [1.807, 2.05) is 0 Å². The van der Waals surface area contributed by atoms with Gasteiger partial charge in [0.2, 0.25) is 0 Å². The number of carbonyl (C=O) groups is 1. The topological polar surface area (TPSA) is 40.5 Å². The van der Waals surface area contributed by atoms with E-state index < -0.39 is 5.97 Å². The van der Waals surface area contributed by atoms with Gasteiger partial charge in [-0.1, -0.05) is 6.92 Å². The highest BCUT2D eigenvalue weighted by Gasteiger charge is 2.46. The van der Waals surface area contributed by atoms with Crippen LogP contribution in [0.2, 0.25) is 0 Å². The molecule has 1 N–H and O–H groups in total. The third kappa shape index (κ3) is 3.01. The summed E-state index contributed by atoms with van der Waals surface area (Å²) in [5.41, 5.74) is 0.171. The van der Waals surface area contributed by atoms with Crippen LogP contribution in [-0.2, 0) is 4.79 Å². The Labute approximate surface area is 105 Å². The molecule has 1 rings (SSSR count). The Bertz CT molecular complexity index is 284. The van der Waals surface area contributed by atoms with Crippen LogP contribution >= 0.6 is 0 Å². The summed E-state index contributed by atoms with van der Waals surface area (Å²) in [4.78, 5) is 13.5. The Morgan fingerprint density at radius 2 is 1.94 bits per heavy atom. The summed E-state index contributed by atoms with van der Waals surface area (Å²) in [6, 6.07) is 0. The molecule has 0 saturated carbocycles. The van der Waals surface area contributed by atoms with Crippen LogP contribution in [0.5, 0.6) is 0 Å². The number of nitrogens with zero attached hydrogens (tertiary/aromatic N) is 1. The van der Waals surface area contributed by atoms with Crippen molar-refractivity contribution in [1.82, 2.24) is 4.90 Å². The van der Waals surface area contributed by atoms with E-state index >= 15 is 0 Å². The van der Waals surface area contributed by atoms with Crippen LogP contribution in [0.3, 0.4) is 0 Å². The number of carboxylic acids is 1. The normalized spacial score (nSPS) is 27.9. The number of carboxylic acid groups (broad SMARTS) is 1. The predicted molar refractivity (Wildman–Crippen MR) is 70.1 cm³/mol. The molecule has 3 heteroatoms. The molecule has 0 aromatic rings. The highest BCUT2D eigenvalue weighted by Crippen LogP contribution is 2.43. The molecule has 0 aromatic heterocycles. The molecular formula is C14H27NO2. The Morgan fingerprint density at radius 1 is 1.35 bits per heavy atom. The molecule has 0 aliphatic carbocycles. The van der Waals surface area contributed by atoms with Gasteiger partial charge in [0.1, 0.15) is 0 Å². The first-order valence-corrected chi connectivity index (χ1v) is 6.71. The Morgan fingerprint density at radius 3 is 2.41 bits per heavy atom. The predicted octanol–water partition coefficient (Wildman–Crippen LogP) is 3.14. The van der Waals surface area contributed by atoms with Gasteiger partial charge in [-0.3, -0.25) is 9.69 Å². The number of piperidine rings is 1. The van der Waals surface area contributed by atoms with Crippen LogP contribution < -0.4 is 0 Å². The largest absolute Gasteiger partial charge is 0.481 e. The molecule has 1 fully saturated rings. The van der Waals surface area contributed by atoms with E-state index in [1.54, 1.807) is 0 Å². The molecule has 1 saturated heterocycles. The van der Waals surface area contributed by atoms with Gasteiger partial charge in [-0.05, 0) is 59.4 Å². The van der Waals surface area contributed by atoms with E-state index in [2.05, 4.69) is 39.5 Å². The monoisotopic (exact) mass is 241 g/mol. The van der Waals surface area contributed by atoms with Crippen molar-refractivity contribution in [3.8, 4) is 0 Å². The van der Waals surface area contributed by atoms with Crippen LogP contribution in [0.4, 0.5) is 0 Å². The van der Waals surface area contributed by atoms with Crippen LogP contribution in [0.1, 0.15) is 60.3 Å². The summed E-state index contributed by atoms with van der Waals surface area (Å²) in [7, 11) is 0.